The Kier molecular flexibility index (Phi) is 8.09. The summed E-state index contributed by atoms with van der Waals surface area (Å²) in [6.45, 7) is 10.9. The van der Waals surface area contributed by atoms with Crippen LogP contribution in [-0.4, -0.2) is 46.4 Å². The Bertz CT molecular complexity index is 676. The molecule has 0 spiro atoms. The zero-order valence-corrected chi connectivity index (χ0v) is 17.5. The number of hydrogen-bond acceptors (Lipinski definition) is 4. The number of benzene rings is 1. The van der Waals surface area contributed by atoms with Crippen LogP contribution in [0.1, 0.15) is 46.6 Å². The molecule has 7 heteroatoms. The van der Waals surface area contributed by atoms with Gasteiger partial charge >= 0.3 is 0 Å². The molecular weight excluding hydrogens is 352 g/mol. The number of nitrogens with zero attached hydrogens (tertiary/aromatic N) is 1. The molecule has 6 nitrogen and oxygen atoms in total. The number of carbonyl (C=O) groups excluding carboxylic acids is 1. The molecule has 0 aromatic heterocycles. The zero-order chi connectivity index (χ0) is 20.0. The van der Waals surface area contributed by atoms with Crippen molar-refractivity contribution in [1.82, 2.24) is 5.32 Å². The minimum Gasteiger partial charge on any atom is -0.379 e. The summed E-state index contributed by atoms with van der Waals surface area (Å²) in [5, 5.41) is 2.74. The van der Waals surface area contributed by atoms with Gasteiger partial charge in [-0.3, -0.25) is 9.10 Å². The number of carbonyl (C=O) groups is 1. The summed E-state index contributed by atoms with van der Waals surface area (Å²) in [5.74, 6) is -0.333. The predicted molar refractivity (Wildman–Crippen MR) is 106 cm³/mol. The van der Waals surface area contributed by atoms with E-state index in [2.05, 4.69) is 26.1 Å². The third-order valence-corrected chi connectivity index (χ3v) is 4.94. The topological polar surface area (TPSA) is 75.7 Å². The van der Waals surface area contributed by atoms with Crippen LogP contribution in [0.5, 0.6) is 0 Å². The van der Waals surface area contributed by atoms with E-state index in [1.165, 1.54) is 0 Å². The molecule has 0 aliphatic heterocycles. The summed E-state index contributed by atoms with van der Waals surface area (Å²) < 4.78 is 30.8. The normalized spacial score (nSPS) is 12.3. The number of anilines is 1. The summed E-state index contributed by atoms with van der Waals surface area (Å²) in [6.07, 6.45) is 1.94. The zero-order valence-electron chi connectivity index (χ0n) is 16.7. The molecule has 0 radical (unpaired) electrons. The van der Waals surface area contributed by atoms with E-state index in [1.54, 1.807) is 12.1 Å². The molecule has 26 heavy (non-hydrogen) atoms. The molecule has 0 heterocycles. The number of ether oxygens (including phenoxy) is 1. The van der Waals surface area contributed by atoms with Gasteiger partial charge in [0.2, 0.25) is 15.9 Å². The van der Waals surface area contributed by atoms with Crippen molar-refractivity contribution in [2.75, 3.05) is 30.3 Å². The Morgan fingerprint density at radius 3 is 2.23 bits per heavy atom. The maximum absolute atomic E-state index is 12.1. The van der Waals surface area contributed by atoms with Crippen molar-refractivity contribution in [1.29, 1.82) is 0 Å². The Labute approximate surface area is 158 Å². The number of sulfonamides is 1. The molecule has 1 amide bonds. The predicted octanol–water partition coefficient (Wildman–Crippen LogP) is 2.68. The highest BCUT2D eigenvalue weighted by Gasteiger charge is 2.21. The molecule has 0 aliphatic rings. The lowest BCUT2D eigenvalue weighted by atomic mass is 9.87. The first kappa shape index (κ1) is 22.4. The van der Waals surface area contributed by atoms with Crippen LogP contribution in [0, 0.1) is 0 Å². The van der Waals surface area contributed by atoms with Crippen molar-refractivity contribution >= 4 is 21.6 Å². The van der Waals surface area contributed by atoms with Crippen LogP contribution < -0.4 is 9.62 Å². The monoisotopic (exact) mass is 384 g/mol. The van der Waals surface area contributed by atoms with Crippen molar-refractivity contribution in [3.8, 4) is 0 Å². The summed E-state index contributed by atoms with van der Waals surface area (Å²) in [6, 6.07) is 7.28. The van der Waals surface area contributed by atoms with Crippen molar-refractivity contribution in [2.24, 2.45) is 0 Å². The van der Waals surface area contributed by atoms with Gasteiger partial charge in [-0.05, 0) is 43.4 Å². The first-order valence-corrected chi connectivity index (χ1v) is 10.7. The standard InChI is InChI=1S/C19H32N2O4S/c1-15(2)25-13-7-12-20-18(22)14-21(26(6,23)24)17-10-8-16(9-11-17)19(3,4)5/h8-11,15H,7,12-14H2,1-6H3,(H,20,22). The lowest BCUT2D eigenvalue weighted by Crippen LogP contribution is -2.40. The minimum atomic E-state index is -3.56. The summed E-state index contributed by atoms with van der Waals surface area (Å²) in [5.41, 5.74) is 1.56. The van der Waals surface area contributed by atoms with Crippen LogP contribution in [-0.2, 0) is 25.0 Å². The highest BCUT2D eigenvalue weighted by molar-refractivity contribution is 7.92. The maximum atomic E-state index is 12.1. The van der Waals surface area contributed by atoms with Crippen molar-refractivity contribution in [3.05, 3.63) is 29.8 Å². The molecule has 0 unspecified atom stereocenters. The third-order valence-electron chi connectivity index (χ3n) is 3.80. The van der Waals surface area contributed by atoms with Crippen LogP contribution >= 0.6 is 0 Å². The maximum Gasteiger partial charge on any atom is 0.240 e. The van der Waals surface area contributed by atoms with Gasteiger partial charge in [-0.1, -0.05) is 32.9 Å². The second-order valence-corrected chi connectivity index (χ2v) is 9.60. The quantitative estimate of drug-likeness (QED) is 0.664. The highest BCUT2D eigenvalue weighted by Crippen LogP contribution is 2.25. The molecule has 1 aromatic carbocycles. The fourth-order valence-electron chi connectivity index (χ4n) is 2.33. The smallest absolute Gasteiger partial charge is 0.240 e. The first-order chi connectivity index (χ1) is 11.9. The van der Waals surface area contributed by atoms with Gasteiger partial charge in [-0.25, -0.2) is 8.42 Å². The third kappa shape index (κ3) is 7.74. The van der Waals surface area contributed by atoms with E-state index < -0.39 is 10.0 Å². The van der Waals surface area contributed by atoms with Gasteiger partial charge in [0.25, 0.3) is 0 Å². The SMILES string of the molecule is CC(C)OCCCNC(=O)CN(c1ccc(C(C)(C)C)cc1)S(C)(=O)=O. The fraction of sp³-hybridized carbons (Fsp3) is 0.632. The number of nitrogens with one attached hydrogen (secondary N) is 1. The minimum absolute atomic E-state index is 0.0239. The Morgan fingerprint density at radius 1 is 1.19 bits per heavy atom. The van der Waals surface area contributed by atoms with Crippen LogP contribution in [0.4, 0.5) is 5.69 Å². The molecule has 0 saturated carbocycles. The van der Waals surface area contributed by atoms with Gasteiger partial charge in [-0.2, -0.15) is 0 Å². The van der Waals surface area contributed by atoms with Crippen molar-refractivity contribution in [3.63, 3.8) is 0 Å². The average Bonchev–Trinajstić information content (AvgIpc) is 2.50. The van der Waals surface area contributed by atoms with Crippen LogP contribution in [0.3, 0.4) is 0 Å². The van der Waals surface area contributed by atoms with Gasteiger partial charge in [0.05, 0.1) is 18.0 Å². The Balaban J connectivity index is 2.72. The lowest BCUT2D eigenvalue weighted by Gasteiger charge is -2.24. The van der Waals surface area contributed by atoms with Crippen LogP contribution in [0.2, 0.25) is 0 Å². The van der Waals surface area contributed by atoms with E-state index in [-0.39, 0.29) is 24.0 Å². The summed E-state index contributed by atoms with van der Waals surface area (Å²) in [4.78, 5) is 12.1. The molecular formula is C19H32N2O4S. The largest absolute Gasteiger partial charge is 0.379 e. The van der Waals surface area contributed by atoms with Crippen molar-refractivity contribution in [2.45, 2.75) is 52.6 Å². The van der Waals surface area contributed by atoms with Gasteiger partial charge in [0.1, 0.15) is 6.54 Å². The molecule has 0 saturated heterocycles. The number of amides is 1. The fourth-order valence-corrected chi connectivity index (χ4v) is 3.19. The van der Waals surface area contributed by atoms with Gasteiger partial charge < -0.3 is 10.1 Å². The molecule has 0 aliphatic carbocycles. The molecule has 1 rings (SSSR count). The van der Waals surface area contributed by atoms with Crippen LogP contribution in [0.25, 0.3) is 0 Å². The number of rotatable bonds is 9. The molecule has 0 bridgehead atoms. The van der Waals surface area contributed by atoms with E-state index in [9.17, 15) is 13.2 Å². The van der Waals surface area contributed by atoms with Gasteiger partial charge in [0, 0.05) is 13.2 Å². The van der Waals surface area contributed by atoms with Crippen molar-refractivity contribution < 1.29 is 17.9 Å². The van der Waals surface area contributed by atoms with E-state index in [1.807, 2.05) is 26.0 Å². The molecule has 0 fully saturated rings. The van der Waals surface area contributed by atoms with E-state index in [0.29, 0.717) is 25.3 Å². The van der Waals surface area contributed by atoms with Crippen LogP contribution in [0.15, 0.2) is 24.3 Å². The van der Waals surface area contributed by atoms with E-state index in [0.717, 1.165) is 16.1 Å². The summed E-state index contributed by atoms with van der Waals surface area (Å²) in [7, 11) is -3.56. The second-order valence-electron chi connectivity index (χ2n) is 7.69. The molecule has 148 valence electrons. The molecule has 0 atom stereocenters. The summed E-state index contributed by atoms with van der Waals surface area (Å²) >= 11 is 0. The molecule has 1 aromatic rings. The highest BCUT2D eigenvalue weighted by atomic mass is 32.2. The van der Waals surface area contributed by atoms with E-state index >= 15 is 0 Å². The van der Waals surface area contributed by atoms with Gasteiger partial charge in [-0.15, -0.1) is 0 Å². The Morgan fingerprint density at radius 2 is 1.77 bits per heavy atom. The number of hydrogen-bond donors (Lipinski definition) is 1. The second kappa shape index (κ2) is 9.37. The van der Waals surface area contributed by atoms with E-state index in [4.69, 9.17) is 4.74 Å². The Hall–Kier alpha value is -1.60. The van der Waals surface area contributed by atoms with Gasteiger partial charge in [0.15, 0.2) is 0 Å². The lowest BCUT2D eigenvalue weighted by molar-refractivity contribution is -0.119. The molecule has 1 N–H and O–H groups in total. The average molecular weight is 385 g/mol. The first-order valence-electron chi connectivity index (χ1n) is 8.88.